The third-order valence-electron chi connectivity index (χ3n) is 5.13. The van der Waals surface area contributed by atoms with Crippen LogP contribution in [0.3, 0.4) is 0 Å². The van der Waals surface area contributed by atoms with Gasteiger partial charge in [0.25, 0.3) is 5.91 Å². The number of benzene rings is 2. The molecule has 0 bridgehead atoms. The van der Waals surface area contributed by atoms with Crippen LogP contribution in [-0.2, 0) is 6.54 Å². The van der Waals surface area contributed by atoms with Crippen LogP contribution in [0, 0.1) is 0 Å². The van der Waals surface area contributed by atoms with Crippen LogP contribution in [0.2, 0.25) is 0 Å². The summed E-state index contributed by atoms with van der Waals surface area (Å²) in [4.78, 5) is 12.8. The van der Waals surface area contributed by atoms with E-state index in [0.717, 1.165) is 45.3 Å². The molecule has 0 aliphatic carbocycles. The number of carbonyl (C=O) groups is 1. The minimum absolute atomic E-state index is 0.156. The maximum absolute atomic E-state index is 12.8. The van der Waals surface area contributed by atoms with Gasteiger partial charge in [-0.25, -0.2) is 4.52 Å². The van der Waals surface area contributed by atoms with E-state index in [9.17, 15) is 4.79 Å². The monoisotopic (exact) mass is 396 g/mol. The molecule has 0 aliphatic heterocycles. The molecule has 3 aromatic heterocycles. The number of H-pyrrole nitrogens is 1. The van der Waals surface area contributed by atoms with Crippen molar-refractivity contribution >= 4 is 28.0 Å². The molecule has 0 saturated carbocycles. The lowest BCUT2D eigenvalue weighted by molar-refractivity contribution is 0.102. The molecule has 0 fully saturated rings. The second kappa shape index (κ2) is 7.46. The van der Waals surface area contributed by atoms with Crippen molar-refractivity contribution in [1.82, 2.24) is 25.1 Å². The number of hydrogen-bond acceptors (Lipinski definition) is 4. The maximum Gasteiger partial charge on any atom is 0.255 e. The summed E-state index contributed by atoms with van der Waals surface area (Å²) in [6.45, 7) is 0.791. The van der Waals surface area contributed by atoms with E-state index in [1.54, 1.807) is 23.0 Å². The first-order valence-corrected chi connectivity index (χ1v) is 9.67. The molecular weight excluding hydrogens is 376 g/mol. The summed E-state index contributed by atoms with van der Waals surface area (Å²) >= 11 is 0. The fourth-order valence-electron chi connectivity index (χ4n) is 3.57. The Labute approximate surface area is 172 Å². The van der Waals surface area contributed by atoms with Crippen LogP contribution < -0.4 is 10.6 Å². The summed E-state index contributed by atoms with van der Waals surface area (Å²) < 4.78 is 1.78. The van der Waals surface area contributed by atoms with Gasteiger partial charge < -0.3 is 10.6 Å². The lowest BCUT2D eigenvalue weighted by Crippen LogP contribution is -2.12. The Balaban J connectivity index is 1.45. The zero-order chi connectivity index (χ0) is 20.5. The van der Waals surface area contributed by atoms with Crippen LogP contribution in [0.25, 0.3) is 27.5 Å². The minimum atomic E-state index is -0.156. The Morgan fingerprint density at radius 3 is 2.77 bits per heavy atom. The number of fused-ring (bicyclic) bond motifs is 2. The molecule has 7 nitrogen and oxygen atoms in total. The second-order valence-corrected chi connectivity index (χ2v) is 7.16. The summed E-state index contributed by atoms with van der Waals surface area (Å²) in [6, 6.07) is 17.5. The van der Waals surface area contributed by atoms with Crippen LogP contribution in [0.4, 0.5) is 5.69 Å². The number of carbonyl (C=O) groups excluding carboxylic acids is 1. The number of aromatic amines is 1. The van der Waals surface area contributed by atoms with Gasteiger partial charge in [-0.3, -0.25) is 9.89 Å². The van der Waals surface area contributed by atoms with Gasteiger partial charge >= 0.3 is 0 Å². The summed E-state index contributed by atoms with van der Waals surface area (Å²) in [6.07, 6.45) is 5.42. The Morgan fingerprint density at radius 2 is 1.93 bits per heavy atom. The van der Waals surface area contributed by atoms with Crippen LogP contribution >= 0.6 is 0 Å². The molecule has 0 spiro atoms. The molecule has 0 saturated heterocycles. The summed E-state index contributed by atoms with van der Waals surface area (Å²) in [7, 11) is 1.91. The van der Waals surface area contributed by atoms with Gasteiger partial charge in [0.2, 0.25) is 0 Å². The molecule has 1 amide bonds. The quantitative estimate of drug-likeness (QED) is 0.421. The normalized spacial score (nSPS) is 11.2. The molecule has 3 N–H and O–H groups in total. The van der Waals surface area contributed by atoms with Crippen molar-refractivity contribution in [3.8, 4) is 11.1 Å². The molecule has 0 unspecified atom stereocenters. The van der Waals surface area contributed by atoms with Crippen molar-refractivity contribution in [2.45, 2.75) is 6.54 Å². The van der Waals surface area contributed by atoms with Crippen molar-refractivity contribution in [3.05, 3.63) is 84.3 Å². The van der Waals surface area contributed by atoms with Crippen LogP contribution in [0.15, 0.2) is 73.2 Å². The van der Waals surface area contributed by atoms with E-state index in [2.05, 4.69) is 32.0 Å². The molecule has 7 heteroatoms. The summed E-state index contributed by atoms with van der Waals surface area (Å²) in [5, 5.41) is 18.6. The van der Waals surface area contributed by atoms with Gasteiger partial charge in [-0.2, -0.15) is 10.2 Å². The first-order valence-electron chi connectivity index (χ1n) is 9.67. The number of hydrogen-bond donors (Lipinski definition) is 3. The predicted molar refractivity (Wildman–Crippen MR) is 117 cm³/mol. The van der Waals surface area contributed by atoms with Gasteiger partial charge in [0.1, 0.15) is 0 Å². The highest BCUT2D eigenvalue weighted by Gasteiger charge is 2.12. The topological polar surface area (TPSA) is 87.1 Å². The zero-order valence-electron chi connectivity index (χ0n) is 16.4. The van der Waals surface area contributed by atoms with Gasteiger partial charge in [0.15, 0.2) is 0 Å². The molecule has 0 atom stereocenters. The summed E-state index contributed by atoms with van der Waals surface area (Å²) in [5.74, 6) is -0.156. The predicted octanol–water partition coefficient (Wildman–Crippen LogP) is 3.85. The molecule has 148 valence electrons. The number of rotatable bonds is 5. The van der Waals surface area contributed by atoms with E-state index in [-0.39, 0.29) is 5.91 Å². The Morgan fingerprint density at radius 1 is 1.07 bits per heavy atom. The van der Waals surface area contributed by atoms with E-state index in [4.69, 9.17) is 0 Å². The standard InChI is InChI=1S/C23H20N6O/c1-24-12-15-2-5-19(6-3-15)27-23(30)17-8-9-29-22(11-17)20(14-26-29)16-4-7-21-18(10-16)13-25-28-21/h2-11,13-14,24H,12H2,1H3,(H,25,28)(H,27,30). The average molecular weight is 396 g/mol. The molecule has 0 radical (unpaired) electrons. The van der Waals surface area contributed by atoms with Crippen LogP contribution in [0.1, 0.15) is 15.9 Å². The second-order valence-electron chi connectivity index (χ2n) is 7.16. The molecule has 0 aliphatic rings. The van der Waals surface area contributed by atoms with Crippen molar-refractivity contribution in [3.63, 3.8) is 0 Å². The van der Waals surface area contributed by atoms with Gasteiger partial charge in [0, 0.05) is 34.9 Å². The molecule has 3 heterocycles. The number of pyridine rings is 1. The van der Waals surface area contributed by atoms with E-state index in [1.807, 2.05) is 55.7 Å². The minimum Gasteiger partial charge on any atom is -0.322 e. The number of nitrogens with zero attached hydrogens (tertiary/aromatic N) is 3. The number of nitrogens with one attached hydrogen (secondary N) is 3. The first kappa shape index (κ1) is 18.1. The van der Waals surface area contributed by atoms with Gasteiger partial charge in [0.05, 0.1) is 23.4 Å². The SMILES string of the molecule is CNCc1ccc(NC(=O)c2ccn3ncc(-c4ccc5[nH]ncc5c4)c3c2)cc1. The molecule has 5 rings (SSSR count). The third-order valence-corrected chi connectivity index (χ3v) is 5.13. The molecule has 2 aromatic carbocycles. The fourth-order valence-corrected chi connectivity index (χ4v) is 3.57. The van der Waals surface area contributed by atoms with Crippen molar-refractivity contribution in [1.29, 1.82) is 0 Å². The zero-order valence-corrected chi connectivity index (χ0v) is 16.4. The van der Waals surface area contributed by atoms with Gasteiger partial charge in [-0.05, 0) is 54.6 Å². The highest BCUT2D eigenvalue weighted by atomic mass is 16.1. The van der Waals surface area contributed by atoms with Gasteiger partial charge in [-0.15, -0.1) is 0 Å². The number of anilines is 1. The van der Waals surface area contributed by atoms with E-state index < -0.39 is 0 Å². The van der Waals surface area contributed by atoms with E-state index in [0.29, 0.717) is 5.56 Å². The lowest BCUT2D eigenvalue weighted by atomic mass is 10.0. The number of amides is 1. The average Bonchev–Trinajstić information content (AvgIpc) is 3.41. The lowest BCUT2D eigenvalue weighted by Gasteiger charge is -2.08. The van der Waals surface area contributed by atoms with E-state index in [1.165, 1.54) is 0 Å². The maximum atomic E-state index is 12.8. The number of aromatic nitrogens is 4. The summed E-state index contributed by atoms with van der Waals surface area (Å²) in [5.41, 5.74) is 6.34. The van der Waals surface area contributed by atoms with Crippen molar-refractivity contribution in [2.75, 3.05) is 12.4 Å². The molecular formula is C23H20N6O. The van der Waals surface area contributed by atoms with Crippen LogP contribution in [0.5, 0.6) is 0 Å². The largest absolute Gasteiger partial charge is 0.322 e. The van der Waals surface area contributed by atoms with Crippen molar-refractivity contribution < 1.29 is 4.79 Å². The smallest absolute Gasteiger partial charge is 0.255 e. The van der Waals surface area contributed by atoms with Gasteiger partial charge in [-0.1, -0.05) is 18.2 Å². The van der Waals surface area contributed by atoms with Crippen molar-refractivity contribution in [2.24, 2.45) is 0 Å². The molecule has 30 heavy (non-hydrogen) atoms. The Kier molecular flexibility index (Phi) is 4.49. The highest BCUT2D eigenvalue weighted by Crippen LogP contribution is 2.28. The first-order chi connectivity index (χ1) is 14.7. The molecule has 5 aromatic rings. The highest BCUT2D eigenvalue weighted by molar-refractivity contribution is 6.05. The fraction of sp³-hybridized carbons (Fsp3) is 0.0870. The third kappa shape index (κ3) is 3.31. The Bertz CT molecular complexity index is 1350. The van der Waals surface area contributed by atoms with E-state index >= 15 is 0 Å². The Hall–Kier alpha value is -3.97. The van der Waals surface area contributed by atoms with Crippen LogP contribution in [-0.4, -0.2) is 32.8 Å².